The van der Waals surface area contributed by atoms with Gasteiger partial charge in [0, 0.05) is 32.1 Å². The number of amides is 3. The van der Waals surface area contributed by atoms with Gasteiger partial charge in [-0.05, 0) is 18.9 Å². The Morgan fingerprint density at radius 3 is 2.39 bits per heavy atom. The second kappa shape index (κ2) is 8.81. The first-order valence-corrected chi connectivity index (χ1v) is 9.58. The van der Waals surface area contributed by atoms with Gasteiger partial charge >= 0.3 is 0 Å². The molecule has 2 fully saturated rings. The molecule has 9 heteroatoms. The Hall–Kier alpha value is -2.97. The van der Waals surface area contributed by atoms with Crippen LogP contribution in [0.1, 0.15) is 32.1 Å². The number of nitro benzene ring substituents is 1. The summed E-state index contributed by atoms with van der Waals surface area (Å²) in [6.45, 7) is 0.703. The number of benzene rings is 1. The lowest BCUT2D eigenvalue weighted by atomic mass is 9.81. The molecular formula is C19H24N4O5. The van der Waals surface area contributed by atoms with E-state index in [1.54, 1.807) is 18.2 Å². The second-order valence-electron chi connectivity index (χ2n) is 7.13. The Morgan fingerprint density at radius 2 is 1.75 bits per heavy atom. The zero-order chi connectivity index (χ0) is 20.1. The summed E-state index contributed by atoms with van der Waals surface area (Å²) in [7, 11) is 0. The Bertz CT molecular complexity index is 757. The normalized spacial score (nSPS) is 21.4. The third-order valence-electron chi connectivity index (χ3n) is 5.36. The fourth-order valence-corrected chi connectivity index (χ4v) is 3.93. The molecule has 0 spiro atoms. The van der Waals surface area contributed by atoms with Crippen LogP contribution in [0.15, 0.2) is 24.3 Å². The molecule has 2 N–H and O–H groups in total. The first-order chi connectivity index (χ1) is 13.5. The van der Waals surface area contributed by atoms with E-state index in [2.05, 4.69) is 10.6 Å². The van der Waals surface area contributed by atoms with Crippen LogP contribution in [-0.2, 0) is 14.4 Å². The van der Waals surface area contributed by atoms with E-state index in [0.29, 0.717) is 12.2 Å². The predicted octanol–water partition coefficient (Wildman–Crippen LogP) is 1.69. The number of nitrogens with zero attached hydrogens (tertiary/aromatic N) is 2. The number of carbonyl (C=O) groups excluding carboxylic acids is 3. The SMILES string of the molecule is O=C(CCN1C(=O)[C@H]2CCCC[C@@H]2C1=O)NCCNc1ccccc1[N+](=O)[O-]. The standard InChI is InChI=1S/C19H24N4O5/c24-17(21-11-10-20-15-7-3-4-8-16(15)23(27)28)9-12-22-18(25)13-5-1-2-6-14(13)19(22)26/h3-4,7-8,13-14,20H,1-2,5-6,9-12H2,(H,21,24)/t13-,14-/m0/s1. The molecule has 28 heavy (non-hydrogen) atoms. The Labute approximate surface area is 162 Å². The number of likely N-dealkylation sites (tertiary alicyclic amines) is 1. The van der Waals surface area contributed by atoms with Gasteiger partial charge in [-0.3, -0.25) is 29.4 Å². The van der Waals surface area contributed by atoms with Gasteiger partial charge in [0.25, 0.3) is 5.69 Å². The largest absolute Gasteiger partial charge is 0.378 e. The molecule has 1 heterocycles. The van der Waals surface area contributed by atoms with Crippen molar-refractivity contribution in [3.8, 4) is 0 Å². The number of nitro groups is 1. The molecule has 2 aliphatic rings. The minimum absolute atomic E-state index is 0.0265. The number of carbonyl (C=O) groups is 3. The highest BCUT2D eigenvalue weighted by Crippen LogP contribution is 2.37. The van der Waals surface area contributed by atoms with Gasteiger partial charge in [0.15, 0.2) is 0 Å². The number of nitrogens with one attached hydrogen (secondary N) is 2. The van der Waals surface area contributed by atoms with E-state index in [-0.39, 0.29) is 54.8 Å². The Balaban J connectivity index is 1.40. The molecule has 9 nitrogen and oxygen atoms in total. The van der Waals surface area contributed by atoms with Crippen LogP contribution < -0.4 is 10.6 Å². The quantitative estimate of drug-likeness (QED) is 0.302. The van der Waals surface area contributed by atoms with Crippen molar-refractivity contribution in [3.05, 3.63) is 34.4 Å². The molecule has 3 amide bonds. The number of imide groups is 1. The predicted molar refractivity (Wildman–Crippen MR) is 101 cm³/mol. The minimum Gasteiger partial charge on any atom is -0.378 e. The third kappa shape index (κ3) is 4.29. The molecule has 2 atom stereocenters. The van der Waals surface area contributed by atoms with Crippen LogP contribution in [0, 0.1) is 22.0 Å². The maximum absolute atomic E-state index is 12.4. The van der Waals surface area contributed by atoms with Crippen LogP contribution in [0.2, 0.25) is 0 Å². The molecule has 1 saturated heterocycles. The second-order valence-corrected chi connectivity index (χ2v) is 7.13. The molecule has 0 radical (unpaired) electrons. The minimum atomic E-state index is -0.470. The monoisotopic (exact) mass is 388 g/mol. The first kappa shape index (κ1) is 19.8. The van der Waals surface area contributed by atoms with Gasteiger partial charge in [0.1, 0.15) is 5.69 Å². The molecule has 1 aliphatic carbocycles. The van der Waals surface area contributed by atoms with E-state index in [1.165, 1.54) is 11.0 Å². The number of fused-ring (bicyclic) bond motifs is 1. The topological polar surface area (TPSA) is 122 Å². The molecule has 1 saturated carbocycles. The van der Waals surface area contributed by atoms with Gasteiger partial charge in [-0.25, -0.2) is 0 Å². The number of hydrogen-bond donors (Lipinski definition) is 2. The van der Waals surface area contributed by atoms with Crippen LogP contribution >= 0.6 is 0 Å². The zero-order valence-corrected chi connectivity index (χ0v) is 15.6. The molecular weight excluding hydrogens is 364 g/mol. The summed E-state index contributed by atoms with van der Waals surface area (Å²) in [6, 6.07) is 6.28. The van der Waals surface area contributed by atoms with E-state index in [0.717, 1.165) is 25.7 Å². The number of anilines is 1. The van der Waals surface area contributed by atoms with Crippen molar-refractivity contribution in [1.29, 1.82) is 0 Å². The van der Waals surface area contributed by atoms with Crippen molar-refractivity contribution in [2.75, 3.05) is 25.0 Å². The molecule has 1 aromatic carbocycles. The van der Waals surface area contributed by atoms with Gasteiger partial charge < -0.3 is 10.6 Å². The summed E-state index contributed by atoms with van der Waals surface area (Å²) in [5, 5.41) is 16.6. The molecule has 150 valence electrons. The summed E-state index contributed by atoms with van der Waals surface area (Å²) < 4.78 is 0. The van der Waals surface area contributed by atoms with E-state index >= 15 is 0 Å². The number of rotatable bonds is 8. The molecule has 1 aliphatic heterocycles. The van der Waals surface area contributed by atoms with Crippen LogP contribution in [-0.4, -0.2) is 47.2 Å². The van der Waals surface area contributed by atoms with E-state index in [9.17, 15) is 24.5 Å². The van der Waals surface area contributed by atoms with Crippen molar-refractivity contribution in [3.63, 3.8) is 0 Å². The van der Waals surface area contributed by atoms with Crippen LogP contribution in [0.25, 0.3) is 0 Å². The lowest BCUT2D eigenvalue weighted by Gasteiger charge is -2.19. The molecule has 0 unspecified atom stereocenters. The van der Waals surface area contributed by atoms with Crippen LogP contribution in [0.4, 0.5) is 11.4 Å². The summed E-state index contributed by atoms with van der Waals surface area (Å²) in [5.74, 6) is -0.939. The van der Waals surface area contributed by atoms with E-state index in [1.807, 2.05) is 0 Å². The lowest BCUT2D eigenvalue weighted by molar-refractivity contribution is -0.384. The van der Waals surface area contributed by atoms with Crippen molar-refractivity contribution in [2.24, 2.45) is 11.8 Å². The van der Waals surface area contributed by atoms with Gasteiger partial charge in [0.2, 0.25) is 17.7 Å². The van der Waals surface area contributed by atoms with Crippen LogP contribution in [0.5, 0.6) is 0 Å². The van der Waals surface area contributed by atoms with Gasteiger partial charge in [-0.2, -0.15) is 0 Å². The smallest absolute Gasteiger partial charge is 0.292 e. The number of para-hydroxylation sites is 2. The van der Waals surface area contributed by atoms with Crippen molar-refractivity contribution in [2.45, 2.75) is 32.1 Å². The molecule has 1 aromatic rings. The Morgan fingerprint density at radius 1 is 1.11 bits per heavy atom. The van der Waals surface area contributed by atoms with Crippen molar-refractivity contribution in [1.82, 2.24) is 10.2 Å². The van der Waals surface area contributed by atoms with Crippen molar-refractivity contribution < 1.29 is 19.3 Å². The summed E-state index contributed by atoms with van der Waals surface area (Å²) in [5.41, 5.74) is 0.360. The summed E-state index contributed by atoms with van der Waals surface area (Å²) >= 11 is 0. The van der Waals surface area contributed by atoms with E-state index in [4.69, 9.17) is 0 Å². The highest BCUT2D eigenvalue weighted by molar-refractivity contribution is 6.05. The highest BCUT2D eigenvalue weighted by atomic mass is 16.6. The highest BCUT2D eigenvalue weighted by Gasteiger charge is 2.47. The fraction of sp³-hybridized carbons (Fsp3) is 0.526. The first-order valence-electron chi connectivity index (χ1n) is 9.58. The summed E-state index contributed by atoms with van der Waals surface area (Å²) in [4.78, 5) is 48.5. The fourth-order valence-electron chi connectivity index (χ4n) is 3.93. The lowest BCUT2D eigenvalue weighted by Crippen LogP contribution is -2.36. The maximum Gasteiger partial charge on any atom is 0.292 e. The molecule has 0 bridgehead atoms. The van der Waals surface area contributed by atoms with Crippen molar-refractivity contribution >= 4 is 29.1 Å². The van der Waals surface area contributed by atoms with Gasteiger partial charge in [-0.1, -0.05) is 25.0 Å². The molecule has 3 rings (SSSR count). The van der Waals surface area contributed by atoms with Gasteiger partial charge in [0.05, 0.1) is 16.8 Å². The van der Waals surface area contributed by atoms with E-state index < -0.39 is 4.92 Å². The zero-order valence-electron chi connectivity index (χ0n) is 15.6. The number of hydrogen-bond acceptors (Lipinski definition) is 6. The van der Waals surface area contributed by atoms with Gasteiger partial charge in [-0.15, -0.1) is 0 Å². The average Bonchev–Trinajstić information content (AvgIpc) is 2.94. The van der Waals surface area contributed by atoms with Crippen LogP contribution in [0.3, 0.4) is 0 Å². The third-order valence-corrected chi connectivity index (χ3v) is 5.36. The maximum atomic E-state index is 12.4. The Kier molecular flexibility index (Phi) is 6.23. The summed E-state index contributed by atoms with van der Waals surface area (Å²) in [6.07, 6.45) is 3.52. The molecule has 0 aromatic heterocycles. The average molecular weight is 388 g/mol.